The lowest BCUT2D eigenvalue weighted by molar-refractivity contribution is 0.475. The van der Waals surface area contributed by atoms with E-state index in [-0.39, 0.29) is 5.75 Å². The van der Waals surface area contributed by atoms with E-state index >= 15 is 0 Å². The van der Waals surface area contributed by atoms with E-state index < -0.39 is 0 Å². The van der Waals surface area contributed by atoms with Crippen LogP contribution in [0.2, 0.25) is 0 Å². The van der Waals surface area contributed by atoms with Crippen LogP contribution in [0.5, 0.6) is 5.75 Å². The second kappa shape index (κ2) is 5.67. The maximum absolute atomic E-state index is 9.59. The van der Waals surface area contributed by atoms with Crippen LogP contribution in [0.25, 0.3) is 0 Å². The largest absolute Gasteiger partial charge is 0.508 e. The number of thiocarbonyl (C=S) groups is 1. The first-order chi connectivity index (χ1) is 9.13. The molecule has 1 aromatic heterocycles. The molecule has 0 aliphatic carbocycles. The molecule has 3 N–H and O–H groups in total. The van der Waals surface area contributed by atoms with Crippen LogP contribution in [-0.4, -0.2) is 21.6 Å². The minimum Gasteiger partial charge on any atom is -0.508 e. The smallest absolute Gasteiger partial charge is 0.117 e. The third-order valence-corrected chi connectivity index (χ3v) is 3.03. The maximum Gasteiger partial charge on any atom is 0.117 e. The topological polar surface area (TPSA) is 62.4 Å². The van der Waals surface area contributed by atoms with Gasteiger partial charge in [-0.1, -0.05) is 18.3 Å². The lowest BCUT2D eigenvalue weighted by Crippen LogP contribution is -2.21. The van der Waals surface area contributed by atoms with Crippen molar-refractivity contribution in [3.05, 3.63) is 48.3 Å². The van der Waals surface area contributed by atoms with Gasteiger partial charge >= 0.3 is 0 Å². The first-order valence-electron chi connectivity index (χ1n) is 5.94. The van der Waals surface area contributed by atoms with Crippen LogP contribution in [0.1, 0.15) is 12.5 Å². The highest BCUT2D eigenvalue weighted by Gasteiger charge is 2.13. The summed E-state index contributed by atoms with van der Waals surface area (Å²) in [6, 6.07) is 8.84. The predicted molar refractivity (Wildman–Crippen MR) is 80.9 cm³/mol. The van der Waals surface area contributed by atoms with Gasteiger partial charge in [0.2, 0.25) is 0 Å². The number of hydrogen-bond acceptors (Lipinski definition) is 4. The van der Waals surface area contributed by atoms with E-state index in [0.717, 1.165) is 16.9 Å². The molecule has 0 aliphatic rings. The van der Waals surface area contributed by atoms with E-state index in [9.17, 15) is 5.11 Å². The van der Waals surface area contributed by atoms with Gasteiger partial charge in [-0.05, 0) is 25.1 Å². The van der Waals surface area contributed by atoms with Crippen molar-refractivity contribution in [2.75, 3.05) is 11.4 Å². The molecule has 2 rings (SSSR count). The monoisotopic (exact) mass is 273 g/mol. The Balaban J connectivity index is 2.51. The highest BCUT2D eigenvalue weighted by atomic mass is 32.1. The number of hydrogen-bond donors (Lipinski definition) is 2. The second-order valence-corrected chi connectivity index (χ2v) is 4.46. The molecule has 0 bridgehead atoms. The van der Waals surface area contributed by atoms with Crippen LogP contribution in [0.3, 0.4) is 0 Å². The quantitative estimate of drug-likeness (QED) is 0.838. The molecule has 0 saturated carbocycles. The fourth-order valence-corrected chi connectivity index (χ4v) is 2.14. The van der Waals surface area contributed by atoms with Crippen molar-refractivity contribution in [1.82, 2.24) is 4.98 Å². The Hall–Kier alpha value is -2.14. The van der Waals surface area contributed by atoms with Gasteiger partial charge in [-0.15, -0.1) is 0 Å². The van der Waals surface area contributed by atoms with Crippen LogP contribution >= 0.6 is 12.2 Å². The van der Waals surface area contributed by atoms with Gasteiger partial charge in [0.15, 0.2) is 0 Å². The number of nitrogens with two attached hydrogens (primary N) is 1. The summed E-state index contributed by atoms with van der Waals surface area (Å²) in [5.41, 5.74) is 8.22. The Morgan fingerprint density at radius 1 is 1.42 bits per heavy atom. The average molecular weight is 273 g/mol. The molecule has 19 heavy (non-hydrogen) atoms. The van der Waals surface area contributed by atoms with E-state index in [1.54, 1.807) is 36.7 Å². The number of phenols is 1. The van der Waals surface area contributed by atoms with E-state index in [0.29, 0.717) is 11.5 Å². The molecule has 5 heteroatoms. The number of nitrogens with zero attached hydrogens (tertiary/aromatic N) is 2. The van der Waals surface area contributed by atoms with E-state index in [4.69, 9.17) is 18.0 Å². The zero-order valence-electron chi connectivity index (χ0n) is 10.6. The third-order valence-electron chi connectivity index (χ3n) is 2.81. The van der Waals surface area contributed by atoms with Gasteiger partial charge in [-0.3, -0.25) is 4.98 Å². The Morgan fingerprint density at radius 2 is 2.21 bits per heavy atom. The molecular weight excluding hydrogens is 258 g/mol. The fourth-order valence-electron chi connectivity index (χ4n) is 1.96. The summed E-state index contributed by atoms with van der Waals surface area (Å²) in [5.74, 6) is 0.219. The summed E-state index contributed by atoms with van der Waals surface area (Å²) in [7, 11) is 0. The minimum absolute atomic E-state index is 0.219. The van der Waals surface area contributed by atoms with E-state index in [2.05, 4.69) is 4.98 Å². The van der Waals surface area contributed by atoms with Crippen molar-refractivity contribution in [1.29, 1.82) is 0 Å². The van der Waals surface area contributed by atoms with Gasteiger partial charge in [0, 0.05) is 30.1 Å². The average Bonchev–Trinajstić information content (AvgIpc) is 2.40. The van der Waals surface area contributed by atoms with Gasteiger partial charge in [-0.25, -0.2) is 0 Å². The summed E-state index contributed by atoms with van der Waals surface area (Å²) in [6.45, 7) is 2.73. The molecule has 0 atom stereocenters. The second-order valence-electron chi connectivity index (χ2n) is 4.02. The molecule has 0 aliphatic heterocycles. The summed E-state index contributed by atoms with van der Waals surface area (Å²) < 4.78 is 0. The molecule has 98 valence electrons. The summed E-state index contributed by atoms with van der Waals surface area (Å²) in [5, 5.41) is 9.59. The minimum atomic E-state index is 0.219. The lowest BCUT2D eigenvalue weighted by Gasteiger charge is -2.25. The standard InChI is InChI=1S/C14H15N3OS/c1-2-17(10-4-3-5-11(18)8-10)13-9-16-7-6-12(13)14(15)19/h3-9,18H,2H2,1H3,(H2,15,19). The van der Waals surface area contributed by atoms with E-state index in [1.165, 1.54) is 0 Å². The molecule has 2 aromatic rings. The normalized spacial score (nSPS) is 10.2. The molecule has 0 fully saturated rings. The molecule has 0 unspecified atom stereocenters. The zero-order valence-corrected chi connectivity index (χ0v) is 11.4. The van der Waals surface area contributed by atoms with Crippen molar-refractivity contribution in [3.8, 4) is 5.75 Å². The first kappa shape index (κ1) is 13.3. The Morgan fingerprint density at radius 3 is 2.84 bits per heavy atom. The molecule has 0 radical (unpaired) electrons. The third kappa shape index (κ3) is 2.82. The summed E-state index contributed by atoms with van der Waals surface area (Å²) in [6.07, 6.45) is 3.39. The van der Waals surface area contributed by atoms with Crippen LogP contribution in [0.4, 0.5) is 11.4 Å². The van der Waals surface area contributed by atoms with Gasteiger partial charge in [0.1, 0.15) is 10.7 Å². The van der Waals surface area contributed by atoms with Gasteiger partial charge < -0.3 is 15.7 Å². The highest BCUT2D eigenvalue weighted by Crippen LogP contribution is 2.29. The summed E-state index contributed by atoms with van der Waals surface area (Å²) >= 11 is 5.07. The van der Waals surface area contributed by atoms with Crippen molar-refractivity contribution >= 4 is 28.6 Å². The Labute approximate surface area is 117 Å². The number of rotatable bonds is 4. The molecular formula is C14H15N3OS. The molecule has 1 heterocycles. The van der Waals surface area contributed by atoms with Gasteiger partial charge in [0.25, 0.3) is 0 Å². The molecule has 1 aromatic carbocycles. The van der Waals surface area contributed by atoms with Crippen LogP contribution < -0.4 is 10.6 Å². The number of aromatic nitrogens is 1. The van der Waals surface area contributed by atoms with E-state index in [1.807, 2.05) is 17.9 Å². The SMILES string of the molecule is CCN(c1cccc(O)c1)c1cnccc1C(N)=S. The Kier molecular flexibility index (Phi) is 3.97. The molecule has 4 nitrogen and oxygen atoms in total. The number of pyridine rings is 1. The van der Waals surface area contributed by atoms with Gasteiger partial charge in [0.05, 0.1) is 11.9 Å². The van der Waals surface area contributed by atoms with Crippen molar-refractivity contribution < 1.29 is 5.11 Å². The molecule has 0 amide bonds. The lowest BCUT2D eigenvalue weighted by atomic mass is 10.2. The number of benzene rings is 1. The van der Waals surface area contributed by atoms with Crippen molar-refractivity contribution in [2.45, 2.75) is 6.92 Å². The zero-order chi connectivity index (χ0) is 13.8. The number of anilines is 2. The van der Waals surface area contributed by atoms with Crippen LogP contribution in [0.15, 0.2) is 42.7 Å². The Bertz CT molecular complexity index is 601. The maximum atomic E-state index is 9.59. The summed E-state index contributed by atoms with van der Waals surface area (Å²) in [4.78, 5) is 6.46. The van der Waals surface area contributed by atoms with Crippen LogP contribution in [0, 0.1) is 0 Å². The highest BCUT2D eigenvalue weighted by molar-refractivity contribution is 7.80. The predicted octanol–water partition coefficient (Wildman–Crippen LogP) is 2.58. The van der Waals surface area contributed by atoms with Gasteiger partial charge in [-0.2, -0.15) is 0 Å². The number of phenolic OH excluding ortho intramolecular Hbond substituents is 1. The van der Waals surface area contributed by atoms with Crippen molar-refractivity contribution in [3.63, 3.8) is 0 Å². The molecule has 0 saturated heterocycles. The first-order valence-corrected chi connectivity index (χ1v) is 6.34. The molecule has 0 spiro atoms. The number of aromatic hydroxyl groups is 1. The van der Waals surface area contributed by atoms with Crippen LogP contribution in [-0.2, 0) is 0 Å². The fraction of sp³-hybridized carbons (Fsp3) is 0.143. The van der Waals surface area contributed by atoms with Crippen molar-refractivity contribution in [2.24, 2.45) is 5.73 Å².